The minimum absolute atomic E-state index is 0.234. The summed E-state index contributed by atoms with van der Waals surface area (Å²) in [5.41, 5.74) is 0.730. The predicted octanol–water partition coefficient (Wildman–Crippen LogP) is 2.00. The second kappa shape index (κ2) is 6.32. The van der Waals surface area contributed by atoms with Crippen molar-refractivity contribution in [1.29, 1.82) is 0 Å². The van der Waals surface area contributed by atoms with E-state index >= 15 is 0 Å². The third-order valence-electron chi connectivity index (χ3n) is 3.30. The number of rotatable bonds is 3. The smallest absolute Gasteiger partial charge is 0.328 e. The van der Waals surface area contributed by atoms with Gasteiger partial charge in [-0.15, -0.1) is 0 Å². The van der Waals surface area contributed by atoms with Crippen molar-refractivity contribution in [2.45, 2.75) is 18.9 Å². The molecule has 0 saturated carbocycles. The summed E-state index contributed by atoms with van der Waals surface area (Å²) in [6.45, 7) is 0.548. The fourth-order valence-electron chi connectivity index (χ4n) is 2.25. The molecule has 20 heavy (non-hydrogen) atoms. The van der Waals surface area contributed by atoms with Crippen molar-refractivity contribution in [2.24, 2.45) is 0 Å². The first-order valence-corrected chi connectivity index (χ1v) is 6.44. The second-order valence-corrected chi connectivity index (χ2v) is 4.60. The first-order chi connectivity index (χ1) is 9.61. The van der Waals surface area contributed by atoms with Gasteiger partial charge in [-0.25, -0.2) is 9.18 Å². The van der Waals surface area contributed by atoms with Gasteiger partial charge in [-0.1, -0.05) is 12.1 Å². The number of halogens is 1. The highest BCUT2D eigenvalue weighted by Gasteiger charge is 2.33. The van der Waals surface area contributed by atoms with E-state index in [4.69, 9.17) is 4.74 Å². The van der Waals surface area contributed by atoms with Gasteiger partial charge in [-0.2, -0.15) is 0 Å². The average molecular weight is 277 g/mol. The van der Waals surface area contributed by atoms with Crippen LogP contribution in [-0.2, 0) is 14.3 Å². The zero-order chi connectivity index (χ0) is 14.5. The van der Waals surface area contributed by atoms with Gasteiger partial charge in [0, 0.05) is 12.6 Å². The highest BCUT2D eigenvalue weighted by molar-refractivity contribution is 5.95. The van der Waals surface area contributed by atoms with Crippen LogP contribution in [0.1, 0.15) is 18.4 Å². The summed E-state index contributed by atoms with van der Waals surface area (Å²) < 4.78 is 17.5. The Kier molecular flexibility index (Phi) is 4.50. The third-order valence-corrected chi connectivity index (χ3v) is 3.30. The van der Waals surface area contributed by atoms with E-state index in [1.165, 1.54) is 30.2 Å². The number of hydrogen-bond donors (Lipinski definition) is 0. The monoisotopic (exact) mass is 277 g/mol. The number of methoxy groups -OCH3 is 1. The molecule has 0 radical (unpaired) electrons. The van der Waals surface area contributed by atoms with Crippen LogP contribution in [0.4, 0.5) is 4.39 Å². The van der Waals surface area contributed by atoms with Crippen LogP contribution in [0.2, 0.25) is 0 Å². The van der Waals surface area contributed by atoms with E-state index in [-0.39, 0.29) is 17.7 Å². The lowest BCUT2D eigenvalue weighted by Gasteiger charge is -2.20. The Morgan fingerprint density at radius 2 is 2.05 bits per heavy atom. The molecule has 2 rings (SSSR count). The molecule has 1 aliphatic rings. The molecule has 0 unspecified atom stereocenters. The van der Waals surface area contributed by atoms with Crippen LogP contribution < -0.4 is 0 Å². The fraction of sp³-hybridized carbons (Fsp3) is 0.333. The van der Waals surface area contributed by atoms with Gasteiger partial charge in [0.25, 0.3) is 0 Å². The van der Waals surface area contributed by atoms with Gasteiger partial charge >= 0.3 is 5.97 Å². The van der Waals surface area contributed by atoms with Crippen LogP contribution in [0.3, 0.4) is 0 Å². The van der Waals surface area contributed by atoms with Crippen LogP contribution in [0.5, 0.6) is 0 Å². The highest BCUT2D eigenvalue weighted by Crippen LogP contribution is 2.19. The zero-order valence-corrected chi connectivity index (χ0v) is 11.2. The molecular formula is C15H16FNO3. The van der Waals surface area contributed by atoms with E-state index in [0.29, 0.717) is 13.0 Å². The Bertz CT molecular complexity index is 524. The van der Waals surface area contributed by atoms with E-state index in [2.05, 4.69) is 0 Å². The molecule has 5 heteroatoms. The van der Waals surface area contributed by atoms with E-state index < -0.39 is 6.04 Å². The number of carbonyl (C=O) groups excluding carboxylic acids is 2. The summed E-state index contributed by atoms with van der Waals surface area (Å²) in [5.74, 6) is -0.938. The number of hydrogen-bond acceptors (Lipinski definition) is 3. The van der Waals surface area contributed by atoms with Crippen molar-refractivity contribution in [1.82, 2.24) is 4.90 Å². The van der Waals surface area contributed by atoms with Crippen molar-refractivity contribution in [3.63, 3.8) is 0 Å². The molecule has 0 spiro atoms. The maximum absolute atomic E-state index is 12.8. The molecule has 1 fully saturated rings. The summed E-state index contributed by atoms with van der Waals surface area (Å²) in [6.07, 6.45) is 4.42. The predicted molar refractivity (Wildman–Crippen MR) is 72.2 cm³/mol. The number of esters is 1. The molecule has 0 bridgehead atoms. The number of amides is 1. The molecule has 1 heterocycles. The van der Waals surface area contributed by atoms with Crippen LogP contribution in [0.15, 0.2) is 30.3 Å². The Labute approximate surface area is 116 Å². The van der Waals surface area contributed by atoms with Crippen molar-refractivity contribution in [3.8, 4) is 0 Å². The van der Waals surface area contributed by atoms with Gasteiger partial charge < -0.3 is 9.64 Å². The first-order valence-electron chi connectivity index (χ1n) is 6.44. The van der Waals surface area contributed by atoms with E-state index in [1.54, 1.807) is 18.2 Å². The average Bonchev–Trinajstić information content (AvgIpc) is 2.95. The van der Waals surface area contributed by atoms with E-state index in [0.717, 1.165) is 12.0 Å². The SMILES string of the molecule is COC(=O)[C@H]1CCCN1C(=O)/C=C/c1ccc(F)cc1. The number of likely N-dealkylation sites (tertiary alicyclic amines) is 1. The van der Waals surface area contributed by atoms with Crippen LogP contribution in [0, 0.1) is 5.82 Å². The lowest BCUT2D eigenvalue weighted by molar-refractivity contribution is -0.149. The van der Waals surface area contributed by atoms with Gasteiger partial charge in [0.05, 0.1) is 7.11 Å². The normalized spacial score (nSPS) is 18.5. The molecule has 1 aromatic carbocycles. The molecule has 1 amide bonds. The molecule has 1 aliphatic heterocycles. The Hall–Kier alpha value is -2.17. The van der Waals surface area contributed by atoms with Crippen LogP contribution >= 0.6 is 0 Å². The van der Waals surface area contributed by atoms with Crippen molar-refractivity contribution in [2.75, 3.05) is 13.7 Å². The van der Waals surface area contributed by atoms with Gasteiger partial charge in [0.1, 0.15) is 11.9 Å². The lowest BCUT2D eigenvalue weighted by atomic mass is 10.2. The molecule has 0 aliphatic carbocycles. The maximum atomic E-state index is 12.8. The minimum Gasteiger partial charge on any atom is -0.467 e. The number of nitrogens with zero attached hydrogens (tertiary/aromatic N) is 1. The number of carbonyl (C=O) groups is 2. The molecule has 0 aromatic heterocycles. The first kappa shape index (κ1) is 14.2. The summed E-state index contributed by atoms with van der Waals surface area (Å²) in [4.78, 5) is 25.1. The topological polar surface area (TPSA) is 46.6 Å². The zero-order valence-electron chi connectivity index (χ0n) is 11.2. The van der Waals surface area contributed by atoms with Gasteiger partial charge in [0.15, 0.2) is 0 Å². The quantitative estimate of drug-likeness (QED) is 0.627. The van der Waals surface area contributed by atoms with Crippen LogP contribution in [0.25, 0.3) is 6.08 Å². The Morgan fingerprint density at radius 1 is 1.35 bits per heavy atom. The molecule has 1 atom stereocenters. The summed E-state index contributed by atoms with van der Waals surface area (Å²) in [5, 5.41) is 0. The number of ether oxygens (including phenoxy) is 1. The largest absolute Gasteiger partial charge is 0.467 e. The fourth-order valence-corrected chi connectivity index (χ4v) is 2.25. The molecular weight excluding hydrogens is 261 g/mol. The van der Waals surface area contributed by atoms with Crippen molar-refractivity contribution < 1.29 is 18.7 Å². The van der Waals surface area contributed by atoms with Gasteiger partial charge in [-0.05, 0) is 36.6 Å². The molecule has 0 N–H and O–H groups in total. The summed E-state index contributed by atoms with van der Waals surface area (Å²) in [6, 6.07) is 5.33. The molecule has 4 nitrogen and oxygen atoms in total. The lowest BCUT2D eigenvalue weighted by Crippen LogP contribution is -2.40. The second-order valence-electron chi connectivity index (χ2n) is 4.60. The molecule has 1 saturated heterocycles. The minimum atomic E-state index is -0.495. The Morgan fingerprint density at radius 3 is 2.70 bits per heavy atom. The standard InChI is InChI=1S/C15H16FNO3/c1-20-15(19)13-3-2-10-17(13)14(18)9-6-11-4-7-12(16)8-5-11/h4-9,13H,2-3,10H2,1H3/b9-6+/t13-/m1/s1. The van der Waals surface area contributed by atoms with E-state index in [1.807, 2.05) is 0 Å². The van der Waals surface area contributed by atoms with E-state index in [9.17, 15) is 14.0 Å². The summed E-state index contributed by atoms with van der Waals surface area (Å²) in [7, 11) is 1.32. The third kappa shape index (κ3) is 3.23. The summed E-state index contributed by atoms with van der Waals surface area (Å²) >= 11 is 0. The van der Waals surface area contributed by atoms with Gasteiger partial charge in [-0.3, -0.25) is 4.79 Å². The van der Waals surface area contributed by atoms with Crippen molar-refractivity contribution >= 4 is 18.0 Å². The van der Waals surface area contributed by atoms with Gasteiger partial charge in [0.2, 0.25) is 5.91 Å². The maximum Gasteiger partial charge on any atom is 0.328 e. The van der Waals surface area contributed by atoms with Crippen molar-refractivity contribution in [3.05, 3.63) is 41.7 Å². The Balaban J connectivity index is 2.04. The van der Waals surface area contributed by atoms with Crippen LogP contribution in [-0.4, -0.2) is 36.5 Å². The molecule has 1 aromatic rings. The molecule has 106 valence electrons. The highest BCUT2D eigenvalue weighted by atomic mass is 19.1. The number of benzene rings is 1.